The first-order valence-electron chi connectivity index (χ1n) is 8.00. The molecule has 1 fully saturated rings. The van der Waals surface area contributed by atoms with Crippen molar-refractivity contribution in [1.29, 1.82) is 0 Å². The molecule has 0 aliphatic heterocycles. The van der Waals surface area contributed by atoms with Gasteiger partial charge in [-0.1, -0.05) is 73.1 Å². The standard InChI is InChI=1S/C17H34/c1-6-15(16-12-11-14(16)3)10-8-9-13-17(4,5)7-2/h14-16H,6-13H2,1-5H3. The van der Waals surface area contributed by atoms with Gasteiger partial charge in [0.15, 0.2) is 0 Å². The van der Waals surface area contributed by atoms with Crippen molar-refractivity contribution >= 4 is 0 Å². The predicted molar refractivity (Wildman–Crippen MR) is 78.2 cm³/mol. The van der Waals surface area contributed by atoms with Crippen molar-refractivity contribution in [2.75, 3.05) is 0 Å². The maximum Gasteiger partial charge on any atom is -0.0357 e. The van der Waals surface area contributed by atoms with Crippen LogP contribution in [0.25, 0.3) is 0 Å². The maximum absolute atomic E-state index is 2.46. The molecule has 17 heavy (non-hydrogen) atoms. The highest BCUT2D eigenvalue weighted by atomic mass is 14.4. The molecule has 0 nitrogen and oxygen atoms in total. The third-order valence-electron chi connectivity index (χ3n) is 5.45. The van der Waals surface area contributed by atoms with E-state index in [1.165, 1.54) is 51.4 Å². The van der Waals surface area contributed by atoms with Gasteiger partial charge in [-0.2, -0.15) is 0 Å². The number of hydrogen-bond donors (Lipinski definition) is 0. The van der Waals surface area contributed by atoms with Crippen molar-refractivity contribution in [2.45, 2.75) is 86.0 Å². The van der Waals surface area contributed by atoms with Gasteiger partial charge in [-0.15, -0.1) is 0 Å². The van der Waals surface area contributed by atoms with Crippen LogP contribution in [0, 0.1) is 23.2 Å². The summed E-state index contributed by atoms with van der Waals surface area (Å²) in [5.41, 5.74) is 0.575. The Balaban J connectivity index is 2.16. The minimum absolute atomic E-state index is 0.575. The van der Waals surface area contributed by atoms with Crippen LogP contribution < -0.4 is 0 Å². The maximum atomic E-state index is 2.46. The Morgan fingerprint density at radius 2 is 1.82 bits per heavy atom. The van der Waals surface area contributed by atoms with Crippen molar-refractivity contribution in [3.05, 3.63) is 0 Å². The summed E-state index contributed by atoms with van der Waals surface area (Å²) >= 11 is 0. The van der Waals surface area contributed by atoms with Crippen molar-refractivity contribution < 1.29 is 0 Å². The van der Waals surface area contributed by atoms with Gasteiger partial charge in [0.25, 0.3) is 0 Å². The van der Waals surface area contributed by atoms with Crippen molar-refractivity contribution in [2.24, 2.45) is 23.2 Å². The molecule has 0 heteroatoms. The van der Waals surface area contributed by atoms with Crippen LogP contribution in [0.1, 0.15) is 86.0 Å². The van der Waals surface area contributed by atoms with Gasteiger partial charge in [-0.05, 0) is 36.0 Å². The van der Waals surface area contributed by atoms with Crippen LogP contribution in [0.15, 0.2) is 0 Å². The van der Waals surface area contributed by atoms with E-state index in [2.05, 4.69) is 34.6 Å². The lowest BCUT2D eigenvalue weighted by Crippen LogP contribution is -2.30. The van der Waals surface area contributed by atoms with Crippen LogP contribution in [0.3, 0.4) is 0 Å². The molecule has 0 saturated heterocycles. The molecular weight excluding hydrogens is 204 g/mol. The lowest BCUT2D eigenvalue weighted by Gasteiger charge is -2.40. The molecule has 0 heterocycles. The van der Waals surface area contributed by atoms with Crippen molar-refractivity contribution in [3.63, 3.8) is 0 Å². The summed E-state index contributed by atoms with van der Waals surface area (Å²) in [6, 6.07) is 0. The fourth-order valence-electron chi connectivity index (χ4n) is 3.30. The van der Waals surface area contributed by atoms with Crippen LogP contribution in [-0.2, 0) is 0 Å². The molecule has 0 N–H and O–H groups in total. The van der Waals surface area contributed by atoms with E-state index in [0.29, 0.717) is 5.41 Å². The summed E-state index contributed by atoms with van der Waals surface area (Å²) < 4.78 is 0. The Morgan fingerprint density at radius 3 is 2.24 bits per heavy atom. The number of unbranched alkanes of at least 4 members (excludes halogenated alkanes) is 1. The van der Waals surface area contributed by atoms with E-state index in [1.54, 1.807) is 0 Å². The minimum Gasteiger partial charge on any atom is -0.0651 e. The molecule has 3 unspecified atom stereocenters. The van der Waals surface area contributed by atoms with Gasteiger partial charge in [0, 0.05) is 0 Å². The second-order valence-electron chi connectivity index (χ2n) is 7.15. The summed E-state index contributed by atoms with van der Waals surface area (Å²) in [5, 5.41) is 0. The highest BCUT2D eigenvalue weighted by Crippen LogP contribution is 2.42. The Bertz CT molecular complexity index is 204. The summed E-state index contributed by atoms with van der Waals surface area (Å²) in [4.78, 5) is 0. The fourth-order valence-corrected chi connectivity index (χ4v) is 3.30. The number of hydrogen-bond acceptors (Lipinski definition) is 0. The topological polar surface area (TPSA) is 0 Å². The normalized spacial score (nSPS) is 26.6. The molecule has 0 radical (unpaired) electrons. The molecule has 0 amide bonds. The largest absolute Gasteiger partial charge is 0.0651 e. The average Bonchev–Trinajstić information content (AvgIpc) is 2.30. The van der Waals surface area contributed by atoms with Crippen molar-refractivity contribution in [1.82, 2.24) is 0 Å². The zero-order chi connectivity index (χ0) is 12.9. The highest BCUT2D eigenvalue weighted by Gasteiger charge is 2.32. The lowest BCUT2D eigenvalue weighted by atomic mass is 9.66. The molecule has 0 aromatic rings. The van der Waals surface area contributed by atoms with Gasteiger partial charge < -0.3 is 0 Å². The second-order valence-corrected chi connectivity index (χ2v) is 7.15. The molecule has 1 rings (SSSR count). The van der Waals surface area contributed by atoms with E-state index >= 15 is 0 Å². The molecule has 0 spiro atoms. The minimum atomic E-state index is 0.575. The van der Waals surface area contributed by atoms with E-state index in [-0.39, 0.29) is 0 Å². The van der Waals surface area contributed by atoms with Gasteiger partial charge in [-0.25, -0.2) is 0 Å². The molecule has 0 aromatic heterocycles. The smallest absolute Gasteiger partial charge is 0.0357 e. The van der Waals surface area contributed by atoms with Gasteiger partial charge >= 0.3 is 0 Å². The zero-order valence-electron chi connectivity index (χ0n) is 12.9. The van der Waals surface area contributed by atoms with Crippen LogP contribution in [0.4, 0.5) is 0 Å². The fraction of sp³-hybridized carbons (Fsp3) is 1.00. The average molecular weight is 238 g/mol. The molecule has 3 atom stereocenters. The highest BCUT2D eigenvalue weighted by molar-refractivity contribution is 4.82. The number of rotatable bonds is 8. The third-order valence-corrected chi connectivity index (χ3v) is 5.45. The molecule has 0 bridgehead atoms. The van der Waals surface area contributed by atoms with Crippen LogP contribution >= 0.6 is 0 Å². The Kier molecular flexibility index (Phi) is 6.03. The summed E-state index contributed by atoms with van der Waals surface area (Å²) in [6.07, 6.45) is 11.6. The first kappa shape index (κ1) is 15.1. The van der Waals surface area contributed by atoms with E-state index in [1.807, 2.05) is 0 Å². The van der Waals surface area contributed by atoms with Crippen molar-refractivity contribution in [3.8, 4) is 0 Å². The van der Waals surface area contributed by atoms with Gasteiger partial charge in [0.05, 0.1) is 0 Å². The monoisotopic (exact) mass is 238 g/mol. The predicted octanol–water partition coefficient (Wildman–Crippen LogP) is 6.06. The van der Waals surface area contributed by atoms with Crippen LogP contribution in [0.5, 0.6) is 0 Å². The van der Waals surface area contributed by atoms with Crippen LogP contribution in [0.2, 0.25) is 0 Å². The van der Waals surface area contributed by atoms with E-state index < -0.39 is 0 Å². The van der Waals surface area contributed by atoms with Gasteiger partial charge in [-0.3, -0.25) is 0 Å². The zero-order valence-corrected chi connectivity index (χ0v) is 12.9. The quantitative estimate of drug-likeness (QED) is 0.451. The summed E-state index contributed by atoms with van der Waals surface area (Å²) in [5.74, 6) is 3.12. The molecule has 1 aliphatic carbocycles. The molecule has 1 aliphatic rings. The first-order chi connectivity index (χ1) is 8.00. The Morgan fingerprint density at radius 1 is 1.12 bits per heavy atom. The molecule has 102 valence electrons. The molecular formula is C17H34. The van der Waals surface area contributed by atoms with Gasteiger partial charge in [0.2, 0.25) is 0 Å². The summed E-state index contributed by atoms with van der Waals surface area (Å²) in [7, 11) is 0. The summed E-state index contributed by atoms with van der Waals surface area (Å²) in [6.45, 7) is 12.0. The van der Waals surface area contributed by atoms with Gasteiger partial charge in [0.1, 0.15) is 0 Å². The van der Waals surface area contributed by atoms with Crippen LogP contribution in [-0.4, -0.2) is 0 Å². The third kappa shape index (κ3) is 4.64. The van der Waals surface area contributed by atoms with E-state index in [0.717, 1.165) is 17.8 Å². The molecule has 0 aromatic carbocycles. The Hall–Kier alpha value is 0. The van der Waals surface area contributed by atoms with E-state index in [4.69, 9.17) is 0 Å². The lowest BCUT2D eigenvalue weighted by molar-refractivity contribution is 0.106. The first-order valence-corrected chi connectivity index (χ1v) is 8.00. The second kappa shape index (κ2) is 6.81. The molecule has 1 saturated carbocycles. The van der Waals surface area contributed by atoms with E-state index in [9.17, 15) is 0 Å². The SMILES string of the molecule is CCC(CCCCC(C)(C)CC)C1CCC1C. The Labute approximate surface area is 110 Å².